The maximum atomic E-state index is 13.6. The largest absolute Gasteiger partial charge is 0.486 e. The summed E-state index contributed by atoms with van der Waals surface area (Å²) in [6.45, 7) is -0.0583. The molecule has 0 aromatic heterocycles. The molecule has 3 N–H and O–H groups in total. The summed E-state index contributed by atoms with van der Waals surface area (Å²) in [6.07, 6.45) is 1.46. The molecule has 0 atom stereocenters. The molecule has 2 aromatic carbocycles. The molecule has 0 unspecified atom stereocenters. The Bertz CT molecular complexity index is 753. The summed E-state index contributed by atoms with van der Waals surface area (Å²) in [7, 11) is 0. The molecule has 0 aliphatic heterocycles. The minimum absolute atomic E-state index is 0.0128. The first-order valence-electron chi connectivity index (χ1n) is 6.41. The number of thiocarbonyl (C=S) groups is 1. The van der Waals surface area contributed by atoms with Crippen molar-refractivity contribution in [1.82, 2.24) is 5.43 Å². The van der Waals surface area contributed by atoms with Gasteiger partial charge in [-0.05, 0) is 29.9 Å². The van der Waals surface area contributed by atoms with Gasteiger partial charge in [0.15, 0.2) is 22.5 Å². The van der Waals surface area contributed by atoms with E-state index >= 15 is 0 Å². The third-order valence-electron chi connectivity index (χ3n) is 2.82. The van der Waals surface area contributed by atoms with Gasteiger partial charge < -0.3 is 10.5 Å². The van der Waals surface area contributed by atoms with Crippen LogP contribution in [0.25, 0.3) is 0 Å². The second-order valence-corrected chi connectivity index (χ2v) is 4.84. The van der Waals surface area contributed by atoms with Crippen molar-refractivity contribution in [3.05, 3.63) is 65.0 Å². The summed E-state index contributed by atoms with van der Waals surface area (Å²) in [4.78, 5) is 0. The predicted octanol–water partition coefficient (Wildman–Crippen LogP) is 2.85. The molecule has 0 saturated carbocycles. The van der Waals surface area contributed by atoms with Gasteiger partial charge in [-0.2, -0.15) is 9.49 Å². The lowest BCUT2D eigenvalue weighted by molar-refractivity contribution is 0.281. The smallest absolute Gasteiger partial charge is 0.203 e. The van der Waals surface area contributed by atoms with Gasteiger partial charge >= 0.3 is 0 Å². The molecular formula is C15H12F3N3OS. The van der Waals surface area contributed by atoms with Crippen molar-refractivity contribution < 1.29 is 17.9 Å². The van der Waals surface area contributed by atoms with E-state index < -0.39 is 17.5 Å². The van der Waals surface area contributed by atoms with Gasteiger partial charge in [0.1, 0.15) is 6.61 Å². The van der Waals surface area contributed by atoms with Gasteiger partial charge in [0.05, 0.1) is 6.21 Å². The number of nitrogens with one attached hydrogen (secondary N) is 1. The lowest BCUT2D eigenvalue weighted by Gasteiger charge is -2.10. The third kappa shape index (κ3) is 4.43. The van der Waals surface area contributed by atoms with Crippen LogP contribution in [0.3, 0.4) is 0 Å². The van der Waals surface area contributed by atoms with Gasteiger partial charge in [-0.15, -0.1) is 0 Å². The van der Waals surface area contributed by atoms with Crippen molar-refractivity contribution in [3.8, 4) is 5.75 Å². The van der Waals surface area contributed by atoms with Crippen molar-refractivity contribution in [2.24, 2.45) is 10.8 Å². The van der Waals surface area contributed by atoms with Crippen LogP contribution < -0.4 is 15.9 Å². The average Bonchev–Trinajstić information content (AvgIpc) is 2.53. The van der Waals surface area contributed by atoms with Gasteiger partial charge in [0, 0.05) is 5.56 Å². The summed E-state index contributed by atoms with van der Waals surface area (Å²) in [5, 5.41) is 3.83. The zero-order valence-electron chi connectivity index (χ0n) is 11.7. The van der Waals surface area contributed by atoms with Crippen LogP contribution in [-0.4, -0.2) is 11.3 Å². The van der Waals surface area contributed by atoms with Crippen molar-refractivity contribution >= 4 is 23.5 Å². The first-order valence-corrected chi connectivity index (χ1v) is 6.82. The van der Waals surface area contributed by atoms with Crippen LogP contribution in [0, 0.1) is 17.5 Å². The highest BCUT2D eigenvalue weighted by atomic mass is 32.1. The van der Waals surface area contributed by atoms with E-state index in [1.807, 2.05) is 0 Å². The van der Waals surface area contributed by atoms with Crippen LogP contribution in [0.15, 0.2) is 41.5 Å². The molecule has 23 heavy (non-hydrogen) atoms. The topological polar surface area (TPSA) is 59.6 Å². The lowest BCUT2D eigenvalue weighted by Crippen LogP contribution is -2.24. The van der Waals surface area contributed by atoms with E-state index in [0.717, 1.165) is 12.1 Å². The van der Waals surface area contributed by atoms with E-state index in [2.05, 4.69) is 22.7 Å². The number of halogens is 3. The first-order chi connectivity index (χ1) is 11.0. The fourth-order valence-corrected chi connectivity index (χ4v) is 1.78. The van der Waals surface area contributed by atoms with Gasteiger partial charge in [-0.25, -0.2) is 8.78 Å². The zero-order valence-corrected chi connectivity index (χ0v) is 12.5. The number of nitrogens with zero attached hydrogens (tertiary/aromatic N) is 1. The lowest BCUT2D eigenvalue weighted by atomic mass is 10.1. The van der Waals surface area contributed by atoms with Crippen LogP contribution in [-0.2, 0) is 6.61 Å². The molecule has 0 spiro atoms. The molecule has 8 heteroatoms. The molecule has 0 amide bonds. The monoisotopic (exact) mass is 339 g/mol. The Labute approximate surface area is 135 Å². The van der Waals surface area contributed by atoms with Crippen LogP contribution in [0.4, 0.5) is 13.2 Å². The van der Waals surface area contributed by atoms with Crippen molar-refractivity contribution in [2.45, 2.75) is 6.61 Å². The molecule has 0 aliphatic rings. The second-order valence-electron chi connectivity index (χ2n) is 4.40. The summed E-state index contributed by atoms with van der Waals surface area (Å²) in [6, 6.07) is 8.80. The highest BCUT2D eigenvalue weighted by Gasteiger charge is 2.14. The normalized spacial score (nSPS) is 10.7. The molecule has 120 valence electrons. The Morgan fingerprint density at radius 3 is 2.65 bits per heavy atom. The number of hydrogen-bond donors (Lipinski definition) is 2. The summed E-state index contributed by atoms with van der Waals surface area (Å²) >= 11 is 4.62. The average molecular weight is 339 g/mol. The molecule has 0 saturated heterocycles. The van der Waals surface area contributed by atoms with Crippen LogP contribution >= 0.6 is 12.2 Å². The second kappa shape index (κ2) is 7.59. The number of benzene rings is 2. The maximum absolute atomic E-state index is 13.6. The highest BCUT2D eigenvalue weighted by molar-refractivity contribution is 7.80. The van der Waals surface area contributed by atoms with Crippen LogP contribution in [0.1, 0.15) is 11.1 Å². The van der Waals surface area contributed by atoms with E-state index in [4.69, 9.17) is 10.5 Å². The van der Waals surface area contributed by atoms with Gasteiger partial charge in [0.2, 0.25) is 5.82 Å². The number of hydrazone groups is 1. The van der Waals surface area contributed by atoms with Crippen molar-refractivity contribution in [1.29, 1.82) is 0 Å². The molecular weight excluding hydrogens is 327 g/mol. The van der Waals surface area contributed by atoms with Crippen LogP contribution in [0.2, 0.25) is 0 Å². The molecule has 0 bridgehead atoms. The van der Waals surface area contributed by atoms with E-state index in [1.54, 1.807) is 24.3 Å². The van der Waals surface area contributed by atoms with Crippen LogP contribution in [0.5, 0.6) is 5.75 Å². The number of rotatable bonds is 5. The van der Waals surface area contributed by atoms with E-state index in [-0.39, 0.29) is 17.5 Å². The maximum Gasteiger partial charge on any atom is 0.203 e. The zero-order chi connectivity index (χ0) is 16.8. The standard InChI is InChI=1S/C15H12F3N3OS/c16-11-5-6-12(14(18)13(11)17)22-8-10-4-2-1-3-9(10)7-20-21-15(19)23/h1-7H,8H2,(H3,19,21,23). The minimum atomic E-state index is -1.57. The Morgan fingerprint density at radius 1 is 1.17 bits per heavy atom. The molecule has 0 heterocycles. The molecule has 2 rings (SSSR count). The van der Waals surface area contributed by atoms with Crippen molar-refractivity contribution in [2.75, 3.05) is 0 Å². The third-order valence-corrected chi connectivity index (χ3v) is 2.91. The van der Waals surface area contributed by atoms with Crippen molar-refractivity contribution in [3.63, 3.8) is 0 Å². The number of nitrogens with two attached hydrogens (primary N) is 1. The Kier molecular flexibility index (Phi) is 5.53. The number of hydrogen-bond acceptors (Lipinski definition) is 3. The SMILES string of the molecule is NC(=S)NN=Cc1ccccc1COc1ccc(F)c(F)c1F. The Balaban J connectivity index is 2.14. The fourth-order valence-electron chi connectivity index (χ4n) is 1.73. The highest BCUT2D eigenvalue weighted by Crippen LogP contribution is 2.23. The van der Waals surface area contributed by atoms with Gasteiger partial charge in [0.25, 0.3) is 0 Å². The first kappa shape index (κ1) is 16.8. The summed E-state index contributed by atoms with van der Waals surface area (Å²) in [5.41, 5.74) is 8.97. The molecule has 0 radical (unpaired) electrons. The molecule has 0 fully saturated rings. The molecule has 0 aliphatic carbocycles. The Hall–Kier alpha value is -2.61. The quantitative estimate of drug-likeness (QED) is 0.381. The van der Waals surface area contributed by atoms with Gasteiger partial charge in [-0.1, -0.05) is 24.3 Å². The van der Waals surface area contributed by atoms with E-state index in [1.165, 1.54) is 6.21 Å². The molecule has 4 nitrogen and oxygen atoms in total. The summed E-state index contributed by atoms with van der Waals surface area (Å²) in [5.74, 6) is -4.59. The van der Waals surface area contributed by atoms with E-state index in [0.29, 0.717) is 11.1 Å². The predicted molar refractivity (Wildman–Crippen MR) is 84.6 cm³/mol. The fraction of sp³-hybridized carbons (Fsp3) is 0.0667. The summed E-state index contributed by atoms with van der Waals surface area (Å²) < 4.78 is 44.8. The van der Waals surface area contributed by atoms with Gasteiger partial charge in [-0.3, -0.25) is 5.43 Å². The molecule has 2 aromatic rings. The minimum Gasteiger partial charge on any atom is -0.486 e. The Morgan fingerprint density at radius 2 is 1.91 bits per heavy atom. The number of ether oxygens (including phenoxy) is 1. The van der Waals surface area contributed by atoms with E-state index in [9.17, 15) is 13.2 Å².